The van der Waals surface area contributed by atoms with Crippen molar-refractivity contribution >= 4 is 30.0 Å². The number of carbonyl (C=O) groups excluding carboxylic acids is 5. The Bertz CT molecular complexity index is 607. The van der Waals surface area contributed by atoms with Crippen LogP contribution in [0.4, 0.5) is 4.79 Å². The molecule has 40 heavy (non-hydrogen) atoms. The van der Waals surface area contributed by atoms with Crippen LogP contribution >= 0.6 is 0 Å². The molecule has 0 rings (SSSR count). The topological polar surface area (TPSA) is 122 Å². The molecule has 9 heteroatoms. The molecule has 0 aliphatic carbocycles. The van der Waals surface area contributed by atoms with Crippen LogP contribution in [0, 0.1) is 0 Å². The Morgan fingerprint density at radius 2 is 0.675 bits per heavy atom. The Balaban J connectivity index is 0. The van der Waals surface area contributed by atoms with E-state index < -0.39 is 18.1 Å². The highest BCUT2D eigenvalue weighted by Crippen LogP contribution is 2.08. The van der Waals surface area contributed by atoms with Gasteiger partial charge in [0.25, 0.3) is 0 Å². The van der Waals surface area contributed by atoms with Crippen LogP contribution < -0.4 is 0 Å². The summed E-state index contributed by atoms with van der Waals surface area (Å²) in [6, 6.07) is 0. The summed E-state index contributed by atoms with van der Waals surface area (Å²) in [5, 5.41) is 0. The highest BCUT2D eigenvalue weighted by Gasteiger charge is 2.15. The molecule has 0 fully saturated rings. The molecule has 0 atom stereocenters. The third-order valence-corrected chi connectivity index (χ3v) is 5.90. The van der Waals surface area contributed by atoms with Crippen molar-refractivity contribution in [2.75, 3.05) is 13.2 Å². The van der Waals surface area contributed by atoms with Crippen LogP contribution in [0.3, 0.4) is 0 Å². The highest BCUT2D eigenvalue weighted by molar-refractivity contribution is 5.88. The van der Waals surface area contributed by atoms with Crippen molar-refractivity contribution < 1.29 is 42.9 Å². The van der Waals surface area contributed by atoms with Crippen LogP contribution in [-0.2, 0) is 38.1 Å². The van der Waals surface area contributed by atoms with Gasteiger partial charge in [-0.3, -0.25) is 19.2 Å². The summed E-state index contributed by atoms with van der Waals surface area (Å²) >= 11 is 0. The molecule has 0 aliphatic heterocycles. The molecule has 0 N–H and O–H groups in total. The van der Waals surface area contributed by atoms with Gasteiger partial charge in [0, 0.05) is 25.7 Å². The number of carbonyl (C=O) groups is 5. The second-order valence-electron chi connectivity index (χ2n) is 9.88. The normalized spacial score (nSPS) is 10.2. The maximum Gasteiger partial charge on any atom is 0.524 e. The summed E-state index contributed by atoms with van der Waals surface area (Å²) in [5.74, 6) is -1.58. The zero-order chi connectivity index (χ0) is 30.3. The van der Waals surface area contributed by atoms with E-state index in [0.717, 1.165) is 77.0 Å². The third kappa shape index (κ3) is 31.8. The number of rotatable bonds is 23. The highest BCUT2D eigenvalue weighted by atomic mass is 16.8. The quantitative estimate of drug-likeness (QED) is 0.0516. The number of hydrogen-bond donors (Lipinski definition) is 0. The van der Waals surface area contributed by atoms with E-state index >= 15 is 0 Å². The van der Waals surface area contributed by atoms with Gasteiger partial charge in [0.1, 0.15) is 0 Å². The lowest BCUT2D eigenvalue weighted by atomic mass is 10.1. The van der Waals surface area contributed by atoms with Gasteiger partial charge in [0.15, 0.2) is 0 Å². The molecule has 0 saturated carbocycles. The Kier molecular flexibility index (Phi) is 30.8. The average Bonchev–Trinajstić information content (AvgIpc) is 2.91. The zero-order valence-corrected chi connectivity index (χ0v) is 25.7. The largest absolute Gasteiger partial charge is 0.524 e. The van der Waals surface area contributed by atoms with Gasteiger partial charge in [-0.2, -0.15) is 0 Å². The van der Waals surface area contributed by atoms with Gasteiger partial charge in [-0.15, -0.1) is 0 Å². The van der Waals surface area contributed by atoms with Crippen LogP contribution in [0.2, 0.25) is 0 Å². The maximum atomic E-state index is 11.4. The molecule has 0 bridgehead atoms. The number of esters is 4. The van der Waals surface area contributed by atoms with Crippen molar-refractivity contribution in [3.05, 3.63) is 0 Å². The molecule has 0 aliphatic rings. The van der Waals surface area contributed by atoms with E-state index in [1.807, 2.05) is 0 Å². The molecule has 0 saturated heterocycles. The van der Waals surface area contributed by atoms with Crippen LogP contribution in [0.5, 0.6) is 0 Å². The first-order valence-electron chi connectivity index (χ1n) is 15.6. The molecule has 0 unspecified atom stereocenters. The summed E-state index contributed by atoms with van der Waals surface area (Å²) in [5.41, 5.74) is 0. The van der Waals surface area contributed by atoms with Gasteiger partial charge in [0.05, 0.1) is 13.2 Å². The van der Waals surface area contributed by atoms with Gasteiger partial charge in [0.2, 0.25) is 0 Å². The molecule has 0 aromatic carbocycles. The first kappa shape index (κ1) is 39.7. The van der Waals surface area contributed by atoms with Crippen molar-refractivity contribution in [3.8, 4) is 0 Å². The summed E-state index contributed by atoms with van der Waals surface area (Å²) in [7, 11) is 0. The van der Waals surface area contributed by atoms with Crippen molar-refractivity contribution in [1.29, 1.82) is 0 Å². The van der Waals surface area contributed by atoms with Crippen molar-refractivity contribution in [2.45, 2.75) is 156 Å². The third-order valence-electron chi connectivity index (χ3n) is 5.90. The lowest BCUT2D eigenvalue weighted by Gasteiger charge is -2.04. The second-order valence-corrected chi connectivity index (χ2v) is 9.88. The maximum absolute atomic E-state index is 11.4. The van der Waals surface area contributed by atoms with Crippen molar-refractivity contribution in [2.24, 2.45) is 0 Å². The average molecular weight is 573 g/mol. The van der Waals surface area contributed by atoms with E-state index in [4.69, 9.17) is 9.47 Å². The fourth-order valence-electron chi connectivity index (χ4n) is 3.40. The second kappa shape index (κ2) is 31.1. The molecule has 234 valence electrons. The molecule has 0 aromatic heterocycles. The van der Waals surface area contributed by atoms with E-state index in [1.165, 1.54) is 0 Å². The Hall–Kier alpha value is -2.45. The van der Waals surface area contributed by atoms with Crippen LogP contribution in [-0.4, -0.2) is 43.2 Å². The number of ether oxygens (including phenoxy) is 4. The Labute approximate surface area is 242 Å². The summed E-state index contributed by atoms with van der Waals surface area (Å²) in [6.45, 7) is 9.36. The molecule has 0 radical (unpaired) electrons. The first-order chi connectivity index (χ1) is 19.3. The lowest BCUT2D eigenvalue weighted by Crippen LogP contribution is -2.17. The van der Waals surface area contributed by atoms with Gasteiger partial charge >= 0.3 is 30.0 Å². The van der Waals surface area contributed by atoms with Gasteiger partial charge in [-0.25, -0.2) is 4.79 Å². The Morgan fingerprint density at radius 1 is 0.375 bits per heavy atom. The lowest BCUT2D eigenvalue weighted by molar-refractivity contribution is -0.147. The SMILES string of the molecule is CCCCCCCC(=O)OC(=O)OC(=O)CCCCCCC.CCCCOC(=O)CCCCC(=O)OCCCC. The molecular weight excluding hydrogens is 516 g/mol. The summed E-state index contributed by atoms with van der Waals surface area (Å²) in [4.78, 5) is 56.4. The fourth-order valence-corrected chi connectivity index (χ4v) is 3.40. The standard InChI is InChI=1S/C17H30O5.C14H26O4/c1-3-5-7-9-11-13-15(18)21-17(20)22-16(19)14-12-10-8-6-4-2;1-3-5-11-17-13(15)9-7-8-10-14(16)18-12-6-4-2/h3-14H2,1-2H3;3-12H2,1-2H3. The van der Waals surface area contributed by atoms with Crippen molar-refractivity contribution in [1.82, 2.24) is 0 Å². The van der Waals surface area contributed by atoms with Crippen LogP contribution in [0.15, 0.2) is 0 Å². The monoisotopic (exact) mass is 572 g/mol. The first-order valence-corrected chi connectivity index (χ1v) is 15.6. The fraction of sp³-hybridized carbons (Fsp3) is 0.839. The minimum atomic E-state index is -1.20. The summed E-state index contributed by atoms with van der Waals surface area (Å²) in [6.07, 6.45) is 15.2. The van der Waals surface area contributed by atoms with Crippen LogP contribution in [0.25, 0.3) is 0 Å². The molecular formula is C31H56O9. The van der Waals surface area contributed by atoms with Gasteiger partial charge in [-0.1, -0.05) is 91.9 Å². The predicted molar refractivity (Wildman–Crippen MR) is 155 cm³/mol. The number of unbranched alkanes of at least 4 members (excludes halogenated alkanes) is 11. The molecule has 0 heterocycles. The number of hydrogen-bond acceptors (Lipinski definition) is 9. The minimum Gasteiger partial charge on any atom is -0.466 e. The van der Waals surface area contributed by atoms with E-state index in [2.05, 4.69) is 37.2 Å². The van der Waals surface area contributed by atoms with E-state index in [-0.39, 0.29) is 24.8 Å². The Morgan fingerprint density at radius 3 is 1.02 bits per heavy atom. The molecule has 9 nitrogen and oxygen atoms in total. The minimum absolute atomic E-state index is 0.164. The van der Waals surface area contributed by atoms with Crippen LogP contribution in [0.1, 0.15) is 156 Å². The molecule has 0 aromatic rings. The predicted octanol–water partition coefficient (Wildman–Crippen LogP) is 8.15. The van der Waals surface area contributed by atoms with E-state index in [0.29, 0.717) is 51.7 Å². The van der Waals surface area contributed by atoms with Crippen molar-refractivity contribution in [3.63, 3.8) is 0 Å². The van der Waals surface area contributed by atoms with E-state index in [1.54, 1.807) is 0 Å². The van der Waals surface area contributed by atoms with Gasteiger partial charge in [-0.05, 0) is 38.5 Å². The zero-order valence-electron chi connectivity index (χ0n) is 25.7. The van der Waals surface area contributed by atoms with Gasteiger partial charge < -0.3 is 18.9 Å². The molecule has 0 amide bonds. The smallest absolute Gasteiger partial charge is 0.466 e. The molecule has 0 spiro atoms. The summed E-state index contributed by atoms with van der Waals surface area (Å²) < 4.78 is 18.9. The van der Waals surface area contributed by atoms with E-state index in [9.17, 15) is 24.0 Å².